The summed E-state index contributed by atoms with van der Waals surface area (Å²) in [4.78, 5) is 8.96. The Bertz CT molecular complexity index is 424. The lowest BCUT2D eigenvalue weighted by Crippen LogP contribution is -2.21. The molecule has 0 fully saturated rings. The normalized spacial score (nSPS) is 11.8. The third-order valence-electron chi connectivity index (χ3n) is 2.84. The average molecular weight is 266 g/mol. The van der Waals surface area contributed by atoms with Gasteiger partial charge in [-0.25, -0.2) is 10.8 Å². The Morgan fingerprint density at radius 1 is 1.26 bits per heavy atom. The summed E-state index contributed by atoms with van der Waals surface area (Å²) in [6.45, 7) is 13.1. The summed E-state index contributed by atoms with van der Waals surface area (Å²) < 4.78 is 5.78. The number of hydrogen-bond acceptors (Lipinski definition) is 5. The molecule has 0 aliphatic carbocycles. The van der Waals surface area contributed by atoms with Crippen LogP contribution in [0, 0.1) is 12.8 Å². The van der Waals surface area contributed by atoms with E-state index >= 15 is 0 Å². The molecule has 0 aromatic carbocycles. The quantitative estimate of drug-likeness (QED) is 0.633. The Hall–Kier alpha value is -1.36. The summed E-state index contributed by atoms with van der Waals surface area (Å²) in [7, 11) is 0. The van der Waals surface area contributed by atoms with E-state index in [2.05, 4.69) is 50.0 Å². The zero-order valence-corrected chi connectivity index (χ0v) is 12.9. The van der Waals surface area contributed by atoms with Crippen LogP contribution >= 0.6 is 0 Å². The molecule has 0 aliphatic rings. The van der Waals surface area contributed by atoms with Gasteiger partial charge in [-0.05, 0) is 19.3 Å². The molecule has 0 atom stereocenters. The zero-order chi connectivity index (χ0) is 14.6. The monoisotopic (exact) mass is 266 g/mol. The van der Waals surface area contributed by atoms with Crippen LogP contribution in [0.3, 0.4) is 0 Å². The number of hydrogen-bond donors (Lipinski definition) is 2. The van der Waals surface area contributed by atoms with E-state index in [1.807, 2.05) is 6.92 Å². The van der Waals surface area contributed by atoms with Crippen molar-refractivity contribution in [3.63, 3.8) is 0 Å². The van der Waals surface area contributed by atoms with Crippen molar-refractivity contribution in [3.8, 4) is 5.88 Å². The topological polar surface area (TPSA) is 73.1 Å². The van der Waals surface area contributed by atoms with Crippen LogP contribution < -0.4 is 16.0 Å². The molecule has 5 heteroatoms. The molecule has 0 unspecified atom stereocenters. The van der Waals surface area contributed by atoms with Crippen LogP contribution in [0.25, 0.3) is 0 Å². The van der Waals surface area contributed by atoms with E-state index < -0.39 is 0 Å². The summed E-state index contributed by atoms with van der Waals surface area (Å²) in [6, 6.07) is 0. The van der Waals surface area contributed by atoms with Crippen molar-refractivity contribution >= 4 is 5.82 Å². The number of nitrogens with zero attached hydrogens (tertiary/aromatic N) is 2. The number of anilines is 1. The van der Waals surface area contributed by atoms with Crippen LogP contribution in [0.1, 0.15) is 52.4 Å². The van der Waals surface area contributed by atoms with Crippen molar-refractivity contribution in [3.05, 3.63) is 11.4 Å². The Morgan fingerprint density at radius 2 is 1.89 bits per heavy atom. The number of nitrogens with one attached hydrogen (secondary N) is 1. The van der Waals surface area contributed by atoms with Gasteiger partial charge in [-0.2, -0.15) is 4.98 Å². The van der Waals surface area contributed by atoms with Crippen molar-refractivity contribution in [2.45, 2.75) is 53.4 Å². The van der Waals surface area contributed by atoms with Crippen LogP contribution in [0.5, 0.6) is 5.88 Å². The van der Waals surface area contributed by atoms with Gasteiger partial charge in [0, 0.05) is 5.41 Å². The summed E-state index contributed by atoms with van der Waals surface area (Å²) in [5.41, 5.74) is 3.32. The minimum Gasteiger partial charge on any atom is -0.477 e. The number of nitrogen functional groups attached to an aromatic ring is 1. The highest BCUT2D eigenvalue weighted by Gasteiger charge is 2.21. The summed E-state index contributed by atoms with van der Waals surface area (Å²) in [6.07, 6.45) is 1.000. The van der Waals surface area contributed by atoms with Crippen LogP contribution in [0.15, 0.2) is 0 Å². The molecule has 1 aromatic heterocycles. The fourth-order valence-electron chi connectivity index (χ4n) is 1.50. The van der Waals surface area contributed by atoms with Gasteiger partial charge in [0.1, 0.15) is 5.82 Å². The third-order valence-corrected chi connectivity index (χ3v) is 2.84. The maximum Gasteiger partial charge on any atom is 0.221 e. The highest BCUT2D eigenvalue weighted by Crippen LogP contribution is 2.27. The largest absolute Gasteiger partial charge is 0.477 e. The number of ether oxygens (including phenoxy) is 1. The van der Waals surface area contributed by atoms with Gasteiger partial charge >= 0.3 is 0 Å². The molecule has 19 heavy (non-hydrogen) atoms. The van der Waals surface area contributed by atoms with Crippen molar-refractivity contribution < 1.29 is 4.74 Å². The van der Waals surface area contributed by atoms with Crippen molar-refractivity contribution in [1.29, 1.82) is 0 Å². The number of nitrogens with two attached hydrogens (primary N) is 1. The minimum atomic E-state index is -0.143. The van der Waals surface area contributed by atoms with Crippen LogP contribution in [-0.2, 0) is 5.41 Å². The molecule has 108 valence electrons. The molecule has 0 amide bonds. The van der Waals surface area contributed by atoms with Crippen molar-refractivity contribution in [2.24, 2.45) is 11.8 Å². The van der Waals surface area contributed by atoms with E-state index in [0.29, 0.717) is 24.2 Å². The first kappa shape index (κ1) is 15.7. The second-order valence-electron chi connectivity index (χ2n) is 6.25. The number of aromatic nitrogens is 2. The molecule has 5 nitrogen and oxygen atoms in total. The van der Waals surface area contributed by atoms with E-state index in [0.717, 1.165) is 17.8 Å². The number of rotatable bonds is 5. The van der Waals surface area contributed by atoms with Crippen molar-refractivity contribution in [1.82, 2.24) is 9.97 Å². The lowest BCUT2D eigenvalue weighted by Gasteiger charge is -2.20. The smallest absolute Gasteiger partial charge is 0.221 e. The van der Waals surface area contributed by atoms with E-state index in [-0.39, 0.29) is 5.41 Å². The fourth-order valence-corrected chi connectivity index (χ4v) is 1.50. The molecule has 0 saturated heterocycles. The van der Waals surface area contributed by atoms with Crippen LogP contribution in [0.2, 0.25) is 0 Å². The highest BCUT2D eigenvalue weighted by atomic mass is 16.5. The molecule has 0 spiro atoms. The predicted molar refractivity (Wildman–Crippen MR) is 78.2 cm³/mol. The second-order valence-corrected chi connectivity index (χ2v) is 6.25. The number of hydrazine groups is 1. The maximum absolute atomic E-state index is 5.78. The van der Waals surface area contributed by atoms with Gasteiger partial charge in [0.05, 0.1) is 12.2 Å². The van der Waals surface area contributed by atoms with Crippen LogP contribution in [-0.4, -0.2) is 16.6 Å². The Kier molecular flexibility index (Phi) is 5.11. The lowest BCUT2D eigenvalue weighted by atomic mass is 9.95. The van der Waals surface area contributed by atoms with Gasteiger partial charge in [-0.15, -0.1) is 0 Å². The van der Waals surface area contributed by atoms with E-state index in [1.54, 1.807) is 0 Å². The van der Waals surface area contributed by atoms with E-state index in [4.69, 9.17) is 10.6 Å². The SMILES string of the molecule is Cc1c(NN)nc(C(C)(C)C)nc1OCCC(C)C. The molecule has 0 saturated carbocycles. The zero-order valence-electron chi connectivity index (χ0n) is 12.9. The summed E-state index contributed by atoms with van der Waals surface area (Å²) >= 11 is 0. The average Bonchev–Trinajstić information content (AvgIpc) is 2.29. The molecule has 0 bridgehead atoms. The first-order valence-electron chi connectivity index (χ1n) is 6.74. The first-order valence-corrected chi connectivity index (χ1v) is 6.74. The second kappa shape index (κ2) is 6.19. The lowest BCUT2D eigenvalue weighted by molar-refractivity contribution is 0.274. The fraction of sp³-hybridized carbons (Fsp3) is 0.714. The van der Waals surface area contributed by atoms with Crippen molar-refractivity contribution in [2.75, 3.05) is 12.0 Å². The summed E-state index contributed by atoms with van der Waals surface area (Å²) in [5, 5.41) is 0. The Labute approximate surface area is 115 Å². The maximum atomic E-state index is 5.78. The molecule has 0 aliphatic heterocycles. The summed E-state index contributed by atoms with van der Waals surface area (Å²) in [5.74, 6) is 8.09. The predicted octanol–water partition coefficient (Wildman–Crippen LogP) is 2.79. The minimum absolute atomic E-state index is 0.143. The van der Waals surface area contributed by atoms with Gasteiger partial charge < -0.3 is 10.2 Å². The molecular formula is C14H26N4O. The molecule has 1 heterocycles. The van der Waals surface area contributed by atoms with Gasteiger partial charge in [-0.3, -0.25) is 0 Å². The molecule has 1 rings (SSSR count). The highest BCUT2D eigenvalue weighted by molar-refractivity contribution is 5.48. The standard InChI is InChI=1S/C14H26N4O/c1-9(2)7-8-19-12-10(3)11(18-15)16-13(17-12)14(4,5)6/h9H,7-8,15H2,1-6H3,(H,16,17,18). The Morgan fingerprint density at radius 3 is 2.37 bits per heavy atom. The van der Waals surface area contributed by atoms with E-state index in [1.165, 1.54) is 0 Å². The van der Waals surface area contributed by atoms with Gasteiger partial charge in [0.2, 0.25) is 5.88 Å². The first-order chi connectivity index (χ1) is 8.75. The van der Waals surface area contributed by atoms with Gasteiger partial charge in [0.15, 0.2) is 5.82 Å². The van der Waals surface area contributed by atoms with Gasteiger partial charge in [-0.1, -0.05) is 34.6 Å². The van der Waals surface area contributed by atoms with Gasteiger partial charge in [0.25, 0.3) is 0 Å². The molecule has 1 aromatic rings. The van der Waals surface area contributed by atoms with E-state index in [9.17, 15) is 0 Å². The molecule has 0 radical (unpaired) electrons. The molecule has 3 N–H and O–H groups in total. The third kappa shape index (κ3) is 4.35. The Balaban J connectivity index is 3.01. The van der Waals surface area contributed by atoms with Crippen LogP contribution in [0.4, 0.5) is 5.82 Å². The molecular weight excluding hydrogens is 240 g/mol.